The monoisotopic (exact) mass is 571 g/mol. The zero-order valence-corrected chi connectivity index (χ0v) is 21.1. The Bertz CT molecular complexity index is 1110. The summed E-state index contributed by atoms with van der Waals surface area (Å²) < 4.78 is 3.20. The second kappa shape index (κ2) is 9.46. The molecule has 0 aliphatic heterocycles. The topological polar surface area (TPSA) is 110 Å². The highest BCUT2D eigenvalue weighted by Gasteiger charge is 2.41. The number of aromatic nitrogens is 2. The van der Waals surface area contributed by atoms with E-state index in [0.717, 1.165) is 18.5 Å². The fourth-order valence-electron chi connectivity index (χ4n) is 3.52. The molecule has 0 unspecified atom stereocenters. The molecule has 31 heavy (non-hydrogen) atoms. The van der Waals surface area contributed by atoms with Crippen molar-refractivity contribution in [1.29, 1.82) is 0 Å². The molecule has 3 aromatic rings. The van der Waals surface area contributed by atoms with Crippen molar-refractivity contribution < 1.29 is 9.90 Å². The van der Waals surface area contributed by atoms with Crippen LogP contribution in [0.15, 0.2) is 39.3 Å². The highest BCUT2D eigenvalue weighted by Crippen LogP contribution is 2.34. The van der Waals surface area contributed by atoms with Crippen LogP contribution in [-0.4, -0.2) is 46.2 Å². The number of aliphatic carboxylic acids is 1. The van der Waals surface area contributed by atoms with Gasteiger partial charge in [-0.1, -0.05) is 11.6 Å². The molecule has 2 aromatic carbocycles. The van der Waals surface area contributed by atoms with E-state index in [2.05, 4.69) is 41.7 Å². The van der Waals surface area contributed by atoms with Crippen LogP contribution in [0.2, 0.25) is 5.02 Å². The fraction of sp³-hybridized carbons (Fsp3) is 0.333. The summed E-state index contributed by atoms with van der Waals surface area (Å²) in [6.07, 6.45) is 0.831. The Morgan fingerprint density at radius 2 is 1.90 bits per heavy atom. The molecule has 166 valence electrons. The zero-order valence-electron chi connectivity index (χ0n) is 17.2. The van der Waals surface area contributed by atoms with Gasteiger partial charge in [-0.2, -0.15) is 0 Å². The van der Waals surface area contributed by atoms with E-state index in [0.29, 0.717) is 43.1 Å². The standard InChI is InChI=1S/C21H24Br2ClN5O2/c1-28(2)6-3-7-29-17-10-13(24)4-5-16(17)27-19(29)21(26,20(30)31)11-12-8-14(22)18(25)15(23)9-12/h4-5,8-10H,3,6-7,11,25-26H2,1-2H3,(H,30,31)/t21-/m1/s1. The minimum absolute atomic E-state index is 0.0323. The third-order valence-electron chi connectivity index (χ3n) is 5.10. The van der Waals surface area contributed by atoms with E-state index >= 15 is 0 Å². The second-order valence-corrected chi connectivity index (χ2v) is 9.95. The number of halogens is 3. The largest absolute Gasteiger partial charge is 0.480 e. The van der Waals surface area contributed by atoms with Crippen molar-refractivity contribution in [3.8, 4) is 0 Å². The number of benzene rings is 2. The van der Waals surface area contributed by atoms with Gasteiger partial charge in [-0.15, -0.1) is 0 Å². The van der Waals surface area contributed by atoms with E-state index < -0.39 is 11.5 Å². The summed E-state index contributed by atoms with van der Waals surface area (Å²) in [4.78, 5) is 19.2. The molecule has 0 saturated heterocycles. The molecule has 5 N–H and O–H groups in total. The van der Waals surface area contributed by atoms with Gasteiger partial charge in [0.2, 0.25) is 0 Å². The molecule has 0 saturated carbocycles. The molecule has 0 amide bonds. The van der Waals surface area contributed by atoms with Crippen LogP contribution in [0, 0.1) is 0 Å². The molecule has 0 aliphatic carbocycles. The van der Waals surface area contributed by atoms with Crippen molar-refractivity contribution in [2.24, 2.45) is 5.73 Å². The maximum Gasteiger partial charge on any atom is 0.331 e. The zero-order chi connectivity index (χ0) is 22.9. The first-order chi connectivity index (χ1) is 14.5. The molecule has 3 rings (SSSR count). The van der Waals surface area contributed by atoms with Crippen LogP contribution in [0.25, 0.3) is 11.0 Å². The summed E-state index contributed by atoms with van der Waals surface area (Å²) in [5, 5.41) is 10.8. The molecule has 1 atom stereocenters. The average Bonchev–Trinajstić information content (AvgIpc) is 3.04. The summed E-state index contributed by atoms with van der Waals surface area (Å²) in [5.41, 5.74) is 13.5. The van der Waals surface area contributed by atoms with Crippen LogP contribution in [0.3, 0.4) is 0 Å². The molecule has 0 aliphatic rings. The molecule has 0 bridgehead atoms. The Morgan fingerprint density at radius 1 is 1.26 bits per heavy atom. The number of carbonyl (C=O) groups is 1. The first-order valence-electron chi connectivity index (χ1n) is 9.59. The summed E-state index contributed by atoms with van der Waals surface area (Å²) in [6, 6.07) is 8.86. The van der Waals surface area contributed by atoms with Crippen molar-refractivity contribution >= 4 is 66.2 Å². The SMILES string of the molecule is CN(C)CCCn1c([C@](N)(Cc2cc(Br)c(N)c(Br)c2)C(=O)O)nc2ccc(Cl)cc21. The van der Waals surface area contributed by atoms with Crippen molar-refractivity contribution in [3.05, 3.63) is 55.7 Å². The van der Waals surface area contributed by atoms with Gasteiger partial charge in [-0.05, 0) is 94.8 Å². The smallest absolute Gasteiger partial charge is 0.331 e. The number of anilines is 1. The fourth-order valence-corrected chi connectivity index (χ4v) is 4.97. The molecule has 0 radical (unpaired) electrons. The lowest BCUT2D eigenvalue weighted by atomic mass is 9.90. The molecular formula is C21H24Br2ClN5O2. The molecule has 10 heteroatoms. The van der Waals surface area contributed by atoms with Gasteiger partial charge in [0.05, 0.1) is 16.7 Å². The number of rotatable bonds is 8. The van der Waals surface area contributed by atoms with Crippen LogP contribution in [-0.2, 0) is 23.3 Å². The Kier molecular flexibility index (Phi) is 7.32. The molecule has 7 nitrogen and oxygen atoms in total. The lowest BCUT2D eigenvalue weighted by Gasteiger charge is -2.26. The van der Waals surface area contributed by atoms with E-state index in [9.17, 15) is 9.90 Å². The first kappa shape index (κ1) is 24.0. The van der Waals surface area contributed by atoms with Crippen molar-refractivity contribution in [3.63, 3.8) is 0 Å². The van der Waals surface area contributed by atoms with E-state index in [-0.39, 0.29) is 6.42 Å². The molecule has 0 fully saturated rings. The highest BCUT2D eigenvalue weighted by atomic mass is 79.9. The highest BCUT2D eigenvalue weighted by molar-refractivity contribution is 9.11. The van der Waals surface area contributed by atoms with Gasteiger partial charge in [0, 0.05) is 26.9 Å². The number of fused-ring (bicyclic) bond motifs is 1. The minimum Gasteiger partial charge on any atom is -0.480 e. The lowest BCUT2D eigenvalue weighted by molar-refractivity contribution is -0.144. The van der Waals surface area contributed by atoms with Gasteiger partial charge in [0.25, 0.3) is 0 Å². The maximum absolute atomic E-state index is 12.5. The van der Waals surface area contributed by atoms with Crippen LogP contribution in [0.5, 0.6) is 0 Å². The van der Waals surface area contributed by atoms with Gasteiger partial charge in [0.1, 0.15) is 5.82 Å². The van der Waals surface area contributed by atoms with Crippen molar-refractivity contribution in [2.45, 2.75) is 24.9 Å². The third-order valence-corrected chi connectivity index (χ3v) is 6.65. The molecule has 1 aromatic heterocycles. The summed E-state index contributed by atoms with van der Waals surface area (Å²) >= 11 is 13.0. The third kappa shape index (κ3) is 5.06. The van der Waals surface area contributed by atoms with Crippen LogP contribution < -0.4 is 11.5 Å². The minimum atomic E-state index is -1.75. The molecular weight excluding hydrogens is 550 g/mol. The van der Waals surface area contributed by atoms with Crippen molar-refractivity contribution in [1.82, 2.24) is 14.5 Å². The van der Waals surface area contributed by atoms with Gasteiger partial charge < -0.3 is 26.0 Å². The first-order valence-corrected chi connectivity index (χ1v) is 11.6. The molecule has 0 spiro atoms. The van der Waals surface area contributed by atoms with Gasteiger partial charge >= 0.3 is 5.97 Å². The van der Waals surface area contributed by atoms with E-state index in [1.165, 1.54) is 0 Å². The Hall–Kier alpha value is -1.65. The number of hydrogen-bond donors (Lipinski definition) is 3. The predicted molar refractivity (Wildman–Crippen MR) is 131 cm³/mol. The number of carboxylic acids is 1. The summed E-state index contributed by atoms with van der Waals surface area (Å²) in [5.74, 6) is -0.869. The van der Waals surface area contributed by atoms with Crippen LogP contribution in [0.4, 0.5) is 5.69 Å². The van der Waals surface area contributed by atoms with Crippen LogP contribution >= 0.6 is 43.5 Å². The van der Waals surface area contributed by atoms with Gasteiger partial charge in [-0.3, -0.25) is 0 Å². The summed E-state index contributed by atoms with van der Waals surface area (Å²) in [6.45, 7) is 1.40. The predicted octanol–water partition coefficient (Wildman–Crippen LogP) is 4.23. The van der Waals surface area contributed by atoms with E-state index in [1.807, 2.05) is 18.7 Å². The van der Waals surface area contributed by atoms with Crippen molar-refractivity contribution in [2.75, 3.05) is 26.4 Å². The number of aryl methyl sites for hydroxylation is 1. The number of nitrogens with zero attached hydrogens (tertiary/aromatic N) is 3. The lowest BCUT2D eigenvalue weighted by Crippen LogP contribution is -2.49. The Morgan fingerprint density at radius 3 is 2.48 bits per heavy atom. The number of carboxylic acid groups (broad SMARTS) is 1. The maximum atomic E-state index is 12.5. The Balaban J connectivity index is 2.13. The molecule has 1 heterocycles. The second-order valence-electron chi connectivity index (χ2n) is 7.80. The quantitative estimate of drug-likeness (QED) is 0.348. The number of hydrogen-bond acceptors (Lipinski definition) is 5. The average molecular weight is 574 g/mol. The van der Waals surface area contributed by atoms with Crippen LogP contribution in [0.1, 0.15) is 17.8 Å². The van der Waals surface area contributed by atoms with E-state index in [4.69, 9.17) is 23.1 Å². The number of nitrogen functional groups attached to an aromatic ring is 1. The normalized spacial score (nSPS) is 13.6. The number of imidazole rings is 1. The van der Waals surface area contributed by atoms with Gasteiger partial charge in [0.15, 0.2) is 5.54 Å². The summed E-state index contributed by atoms with van der Waals surface area (Å²) in [7, 11) is 3.98. The Labute approximate surface area is 202 Å². The van der Waals surface area contributed by atoms with E-state index in [1.54, 1.807) is 30.3 Å². The number of nitrogens with two attached hydrogens (primary N) is 2. The van der Waals surface area contributed by atoms with Gasteiger partial charge in [-0.25, -0.2) is 9.78 Å².